The average Bonchev–Trinajstić information content (AvgIpc) is 2.57. The molecule has 8 N–H and O–H groups in total. The van der Waals surface area contributed by atoms with Crippen molar-refractivity contribution in [3.8, 4) is 0 Å². The summed E-state index contributed by atoms with van der Waals surface area (Å²) in [6, 6.07) is 0. The second-order valence-corrected chi connectivity index (χ2v) is 5.50. The summed E-state index contributed by atoms with van der Waals surface area (Å²) in [6.07, 6.45) is -0.167. The molecule has 0 bridgehead atoms. The zero-order chi connectivity index (χ0) is 21.9. The number of aliphatic hydroxyl groups is 7. The van der Waals surface area contributed by atoms with Crippen LogP contribution >= 0.6 is 0 Å². The van der Waals surface area contributed by atoms with Crippen molar-refractivity contribution < 1.29 is 62.3 Å². The molecule has 0 aliphatic carbocycles. The Bertz CT molecular complexity index is 206. The molecule has 0 rings (SSSR count). The van der Waals surface area contributed by atoms with Crippen LogP contribution in [0, 0.1) is 0 Å². The van der Waals surface area contributed by atoms with Gasteiger partial charge in [-0.3, -0.25) is 9.80 Å². The zero-order valence-corrected chi connectivity index (χ0v) is 18.0. The fourth-order valence-corrected chi connectivity index (χ4v) is 1.52. The Morgan fingerprint density at radius 1 is 0.630 bits per heavy atom. The summed E-state index contributed by atoms with van der Waals surface area (Å²) >= 11 is -1.75. The van der Waals surface area contributed by atoms with Crippen LogP contribution in [0.25, 0.3) is 0 Å². The minimum atomic E-state index is -1.75. The molecular formula is C15H39N2O9Ti. The molecule has 0 aromatic heterocycles. The zero-order valence-electron chi connectivity index (χ0n) is 16.4. The van der Waals surface area contributed by atoms with Crippen LogP contribution < -0.4 is 0 Å². The molecule has 0 aliphatic heterocycles. The summed E-state index contributed by atoms with van der Waals surface area (Å²) in [4.78, 5) is 3.58. The van der Waals surface area contributed by atoms with Gasteiger partial charge in [-0.15, -0.1) is 0 Å². The molecule has 0 heterocycles. The predicted molar refractivity (Wildman–Crippen MR) is 95.7 cm³/mol. The Hall–Kier alpha value is 0.114. The predicted octanol–water partition coefficient (Wildman–Crippen LogP) is -3.76. The minimum absolute atomic E-state index is 0.0694. The molecule has 0 spiro atoms. The van der Waals surface area contributed by atoms with Gasteiger partial charge in [0.1, 0.15) is 0 Å². The van der Waals surface area contributed by atoms with Crippen LogP contribution in [-0.2, 0) is 22.8 Å². The van der Waals surface area contributed by atoms with E-state index in [1.807, 2.05) is 0 Å². The molecular weight excluding hydrogens is 400 g/mol. The van der Waals surface area contributed by atoms with Crippen molar-refractivity contribution in [2.75, 3.05) is 78.9 Å². The molecule has 0 unspecified atom stereocenters. The van der Waals surface area contributed by atoms with E-state index in [0.717, 1.165) is 0 Å². The third-order valence-electron chi connectivity index (χ3n) is 2.50. The van der Waals surface area contributed by atoms with E-state index in [9.17, 15) is 0 Å². The van der Waals surface area contributed by atoms with Crippen LogP contribution in [0.3, 0.4) is 0 Å². The van der Waals surface area contributed by atoms with Gasteiger partial charge in [-0.2, -0.15) is 0 Å². The van der Waals surface area contributed by atoms with E-state index in [0.29, 0.717) is 39.3 Å². The molecule has 0 aromatic rings. The third kappa shape index (κ3) is 46.3. The van der Waals surface area contributed by atoms with Crippen LogP contribution in [0.4, 0.5) is 0 Å². The molecule has 11 nitrogen and oxygen atoms in total. The number of hydrogen-bond acceptors (Lipinski definition) is 10. The summed E-state index contributed by atoms with van der Waals surface area (Å²) in [5, 5.41) is 59.0. The number of hydrogen-bond donors (Lipinski definition) is 8. The summed E-state index contributed by atoms with van der Waals surface area (Å²) in [7, 11) is 0. The van der Waals surface area contributed by atoms with Crippen molar-refractivity contribution in [2.24, 2.45) is 0 Å². The summed E-state index contributed by atoms with van der Waals surface area (Å²) < 4.78 is 15.8. The quantitative estimate of drug-likeness (QED) is 0.140. The van der Waals surface area contributed by atoms with Gasteiger partial charge in [0.2, 0.25) is 0 Å². The van der Waals surface area contributed by atoms with Crippen molar-refractivity contribution in [1.82, 2.24) is 9.80 Å². The molecule has 0 aromatic carbocycles. The molecule has 27 heavy (non-hydrogen) atoms. The van der Waals surface area contributed by atoms with Gasteiger partial charge >= 0.3 is 26.5 Å². The third-order valence-corrected chi connectivity index (χ3v) is 2.50. The van der Waals surface area contributed by atoms with Crippen molar-refractivity contribution in [2.45, 2.75) is 20.0 Å². The monoisotopic (exact) mass is 439 g/mol. The standard InChI is InChI=1S/2C6H15NO3.C3H8O.H2O.O.Ti/c2*8-4-1-7(2-5-9)3-6-10;1-3(2)4;;;/h2*8-10H,1-6H2;3-4H,1-2H3;1H2;;/q;;;;;+1/p-1. The normalized spacial score (nSPS) is 9.67. The maximum atomic E-state index is 8.61. The van der Waals surface area contributed by atoms with Gasteiger partial charge < -0.3 is 35.7 Å². The number of aliphatic hydroxyl groups excluding tert-OH is 7. The van der Waals surface area contributed by atoms with Gasteiger partial charge in [-0.1, -0.05) is 0 Å². The summed E-state index contributed by atoms with van der Waals surface area (Å²) in [5.41, 5.74) is 0. The Morgan fingerprint density at radius 3 is 0.815 bits per heavy atom. The topological polar surface area (TPSA) is 185 Å². The number of rotatable bonds is 12. The molecule has 12 heteroatoms. The van der Waals surface area contributed by atoms with Crippen LogP contribution in [-0.4, -0.2) is 134 Å². The Kier molecular flexibility index (Phi) is 43.2. The Balaban J connectivity index is -0.000000146. The van der Waals surface area contributed by atoms with E-state index in [2.05, 4.69) is 0 Å². The summed E-state index contributed by atoms with van der Waals surface area (Å²) in [5.74, 6) is 0. The fraction of sp³-hybridized carbons (Fsp3) is 1.00. The van der Waals surface area contributed by atoms with E-state index in [-0.39, 0.29) is 45.7 Å². The first-order chi connectivity index (χ1) is 12.8. The second kappa shape index (κ2) is 33.7. The average molecular weight is 439 g/mol. The van der Waals surface area contributed by atoms with Crippen molar-refractivity contribution >= 4 is 0 Å². The molecule has 0 fully saturated rings. The van der Waals surface area contributed by atoms with Gasteiger partial charge in [0.05, 0.1) is 39.6 Å². The molecule has 0 amide bonds. The Morgan fingerprint density at radius 2 is 0.741 bits per heavy atom. The molecule has 0 aliphatic rings. The second-order valence-electron chi connectivity index (χ2n) is 5.21. The Labute approximate surface area is 171 Å². The van der Waals surface area contributed by atoms with Gasteiger partial charge in [-0.25, -0.2) is 0 Å². The van der Waals surface area contributed by atoms with E-state index in [1.165, 1.54) is 0 Å². The van der Waals surface area contributed by atoms with E-state index < -0.39 is 19.5 Å². The van der Waals surface area contributed by atoms with Crippen LogP contribution in [0.5, 0.6) is 0 Å². The van der Waals surface area contributed by atoms with Gasteiger partial charge in [0, 0.05) is 45.4 Å². The molecule has 0 atom stereocenters. The maximum absolute atomic E-state index is 8.61. The van der Waals surface area contributed by atoms with E-state index >= 15 is 0 Å². The van der Waals surface area contributed by atoms with Crippen molar-refractivity contribution in [1.29, 1.82) is 0 Å². The van der Waals surface area contributed by atoms with E-state index in [1.54, 1.807) is 23.6 Å². The SMILES string of the molecule is CC(C)O.OCCN(CCO)CCO.OCCN(CCO)CCO.[O]=[Ti][OH]. The van der Waals surface area contributed by atoms with Crippen LogP contribution in [0.1, 0.15) is 13.8 Å². The molecule has 0 radical (unpaired) electrons. The first-order valence-electron chi connectivity index (χ1n) is 8.64. The summed E-state index contributed by atoms with van der Waals surface area (Å²) in [6.45, 7) is 6.95. The number of nitrogens with zero attached hydrogens (tertiary/aromatic N) is 2. The van der Waals surface area contributed by atoms with Crippen molar-refractivity contribution in [3.05, 3.63) is 0 Å². The van der Waals surface area contributed by atoms with Gasteiger partial charge in [0.25, 0.3) is 0 Å². The molecule has 167 valence electrons. The first kappa shape index (κ1) is 34.6. The van der Waals surface area contributed by atoms with Gasteiger partial charge in [-0.05, 0) is 13.8 Å². The molecule has 0 saturated heterocycles. The van der Waals surface area contributed by atoms with Crippen LogP contribution in [0.15, 0.2) is 0 Å². The first-order valence-corrected chi connectivity index (χ1v) is 9.97. The molecule has 0 saturated carbocycles. The van der Waals surface area contributed by atoms with Gasteiger partial charge in [0.15, 0.2) is 0 Å². The van der Waals surface area contributed by atoms with Crippen molar-refractivity contribution in [3.63, 3.8) is 0 Å². The fourth-order valence-electron chi connectivity index (χ4n) is 1.52. The van der Waals surface area contributed by atoms with Crippen LogP contribution in [0.2, 0.25) is 0 Å². The van der Waals surface area contributed by atoms with E-state index in [4.69, 9.17) is 42.8 Å².